The molecule has 0 aromatic heterocycles. The van der Waals surface area contributed by atoms with Crippen LogP contribution in [0.15, 0.2) is 18.2 Å². The Kier molecular flexibility index (Phi) is 6.00. The first-order chi connectivity index (χ1) is 11.6. The van der Waals surface area contributed by atoms with E-state index in [2.05, 4.69) is 17.8 Å². The molecule has 0 spiro atoms. The Hall–Kier alpha value is -0.850. The zero-order valence-electron chi connectivity index (χ0n) is 13.7. The van der Waals surface area contributed by atoms with E-state index in [9.17, 15) is 4.79 Å². The van der Waals surface area contributed by atoms with Crippen molar-refractivity contribution >= 4 is 29.1 Å². The van der Waals surface area contributed by atoms with Crippen molar-refractivity contribution in [3.05, 3.63) is 33.8 Å². The lowest BCUT2D eigenvalue weighted by atomic mass is 9.96. The molecule has 24 heavy (non-hydrogen) atoms. The number of nitrogens with zero attached hydrogens (tertiary/aromatic N) is 1. The molecular weight excluding hydrogens is 349 g/mol. The summed E-state index contributed by atoms with van der Waals surface area (Å²) in [5, 5.41) is 1.03. The number of carbonyl (C=O) groups excluding carboxylic acids is 1. The van der Waals surface area contributed by atoms with Gasteiger partial charge in [-0.05, 0) is 24.1 Å². The molecule has 7 heteroatoms. The average molecular weight is 372 g/mol. The largest absolute Gasteiger partial charge is 0.370 e. The average Bonchev–Trinajstić information content (AvgIpc) is 3.05. The maximum absolute atomic E-state index is 12.9. The summed E-state index contributed by atoms with van der Waals surface area (Å²) in [6.07, 6.45) is 1.88. The molecule has 2 fully saturated rings. The van der Waals surface area contributed by atoms with Crippen LogP contribution in [0.4, 0.5) is 0 Å². The quantitative estimate of drug-likeness (QED) is 0.854. The van der Waals surface area contributed by atoms with E-state index < -0.39 is 0 Å². The Morgan fingerprint density at radius 2 is 2.21 bits per heavy atom. The van der Waals surface area contributed by atoms with Gasteiger partial charge in [-0.1, -0.05) is 42.6 Å². The summed E-state index contributed by atoms with van der Waals surface area (Å²) in [5.74, 6) is 0.178. The Morgan fingerprint density at radius 1 is 1.38 bits per heavy atom. The molecule has 0 aliphatic carbocycles. The van der Waals surface area contributed by atoms with Crippen molar-refractivity contribution in [1.82, 2.24) is 15.8 Å². The SMILES string of the molecule is CCCC1NNCC1C(=O)N1CCOC(c2ccc(Cl)c(Cl)c2)C1. The summed E-state index contributed by atoms with van der Waals surface area (Å²) >= 11 is 12.1. The monoisotopic (exact) mass is 371 g/mol. The number of amides is 1. The van der Waals surface area contributed by atoms with E-state index in [0.29, 0.717) is 36.3 Å². The minimum absolute atomic E-state index is 0.0162. The fraction of sp³-hybridized carbons (Fsp3) is 0.588. The van der Waals surface area contributed by atoms with Gasteiger partial charge in [0.15, 0.2) is 0 Å². The van der Waals surface area contributed by atoms with Crippen molar-refractivity contribution in [3.8, 4) is 0 Å². The van der Waals surface area contributed by atoms with Crippen LogP contribution >= 0.6 is 23.2 Å². The number of carbonyl (C=O) groups is 1. The number of benzene rings is 1. The maximum atomic E-state index is 12.9. The normalized spacial score (nSPS) is 27.5. The second kappa shape index (κ2) is 8.02. The van der Waals surface area contributed by atoms with Gasteiger partial charge >= 0.3 is 0 Å². The van der Waals surface area contributed by atoms with Gasteiger partial charge in [-0.3, -0.25) is 15.6 Å². The zero-order chi connectivity index (χ0) is 17.1. The highest BCUT2D eigenvalue weighted by Gasteiger charge is 2.37. The van der Waals surface area contributed by atoms with Crippen molar-refractivity contribution < 1.29 is 9.53 Å². The second-order valence-corrected chi connectivity index (χ2v) is 7.16. The van der Waals surface area contributed by atoms with Gasteiger partial charge in [-0.15, -0.1) is 0 Å². The molecular formula is C17H23Cl2N3O2. The van der Waals surface area contributed by atoms with Crippen LogP contribution in [-0.4, -0.2) is 43.1 Å². The van der Waals surface area contributed by atoms with Crippen LogP contribution in [0.2, 0.25) is 10.0 Å². The van der Waals surface area contributed by atoms with Crippen LogP contribution in [0, 0.1) is 5.92 Å². The Labute approximate surface area is 152 Å². The van der Waals surface area contributed by atoms with E-state index >= 15 is 0 Å². The molecule has 1 amide bonds. The summed E-state index contributed by atoms with van der Waals surface area (Å²) in [6, 6.07) is 5.70. The minimum atomic E-state index is -0.163. The highest BCUT2D eigenvalue weighted by Crippen LogP contribution is 2.30. The molecule has 2 aliphatic rings. The van der Waals surface area contributed by atoms with E-state index in [-0.39, 0.29) is 24.0 Å². The van der Waals surface area contributed by atoms with Crippen LogP contribution in [-0.2, 0) is 9.53 Å². The lowest BCUT2D eigenvalue weighted by molar-refractivity contribution is -0.143. The Balaban J connectivity index is 1.68. The number of hydrogen-bond acceptors (Lipinski definition) is 4. The third kappa shape index (κ3) is 3.86. The van der Waals surface area contributed by atoms with E-state index in [1.807, 2.05) is 17.0 Å². The maximum Gasteiger partial charge on any atom is 0.228 e. The predicted octanol–water partition coefficient (Wildman–Crippen LogP) is 2.79. The number of ether oxygens (including phenoxy) is 1. The van der Waals surface area contributed by atoms with Gasteiger partial charge < -0.3 is 9.64 Å². The first kappa shape index (κ1) is 18.0. The van der Waals surface area contributed by atoms with Gasteiger partial charge in [0.2, 0.25) is 5.91 Å². The van der Waals surface area contributed by atoms with Gasteiger partial charge in [-0.25, -0.2) is 0 Å². The molecule has 2 N–H and O–H groups in total. The highest BCUT2D eigenvalue weighted by molar-refractivity contribution is 6.42. The third-order valence-electron chi connectivity index (χ3n) is 4.71. The fourth-order valence-electron chi connectivity index (χ4n) is 3.38. The molecule has 1 aromatic carbocycles. The molecule has 0 saturated carbocycles. The zero-order valence-corrected chi connectivity index (χ0v) is 15.2. The highest BCUT2D eigenvalue weighted by atomic mass is 35.5. The van der Waals surface area contributed by atoms with Gasteiger partial charge in [0, 0.05) is 19.1 Å². The van der Waals surface area contributed by atoms with Crippen molar-refractivity contribution in [2.45, 2.75) is 31.9 Å². The molecule has 1 aromatic rings. The van der Waals surface area contributed by atoms with Gasteiger partial charge in [0.1, 0.15) is 6.10 Å². The minimum Gasteiger partial charge on any atom is -0.370 e. The summed E-state index contributed by atoms with van der Waals surface area (Å²) in [4.78, 5) is 14.8. The predicted molar refractivity (Wildman–Crippen MR) is 95.1 cm³/mol. The van der Waals surface area contributed by atoms with Crippen LogP contribution < -0.4 is 10.9 Å². The Bertz CT molecular complexity index is 599. The van der Waals surface area contributed by atoms with Gasteiger partial charge in [0.05, 0.1) is 29.1 Å². The van der Waals surface area contributed by atoms with Crippen molar-refractivity contribution in [1.29, 1.82) is 0 Å². The van der Waals surface area contributed by atoms with Gasteiger partial charge in [0.25, 0.3) is 0 Å². The third-order valence-corrected chi connectivity index (χ3v) is 5.44. The molecule has 3 rings (SSSR count). The van der Waals surface area contributed by atoms with Crippen molar-refractivity contribution in [2.75, 3.05) is 26.2 Å². The molecule has 132 valence electrons. The second-order valence-electron chi connectivity index (χ2n) is 6.34. The van der Waals surface area contributed by atoms with E-state index in [1.165, 1.54) is 0 Å². The van der Waals surface area contributed by atoms with Crippen molar-refractivity contribution in [3.63, 3.8) is 0 Å². The van der Waals surface area contributed by atoms with Gasteiger partial charge in [-0.2, -0.15) is 0 Å². The fourth-order valence-corrected chi connectivity index (χ4v) is 3.69. The van der Waals surface area contributed by atoms with Crippen molar-refractivity contribution in [2.24, 2.45) is 5.92 Å². The van der Waals surface area contributed by atoms with Crippen LogP contribution in [0.1, 0.15) is 31.4 Å². The Morgan fingerprint density at radius 3 is 2.96 bits per heavy atom. The summed E-state index contributed by atoms with van der Waals surface area (Å²) in [6.45, 7) is 4.52. The number of rotatable bonds is 4. The molecule has 3 atom stereocenters. The number of halogens is 2. The number of hydrogen-bond donors (Lipinski definition) is 2. The lowest BCUT2D eigenvalue weighted by Gasteiger charge is -2.35. The molecule has 5 nitrogen and oxygen atoms in total. The van der Waals surface area contributed by atoms with Crippen LogP contribution in [0.5, 0.6) is 0 Å². The lowest BCUT2D eigenvalue weighted by Crippen LogP contribution is -2.47. The first-order valence-corrected chi connectivity index (χ1v) is 9.19. The molecule has 2 heterocycles. The van der Waals surface area contributed by atoms with Crippen LogP contribution in [0.25, 0.3) is 0 Å². The number of nitrogens with one attached hydrogen (secondary N) is 2. The summed E-state index contributed by atoms with van der Waals surface area (Å²) in [7, 11) is 0. The van der Waals surface area contributed by atoms with E-state index in [1.54, 1.807) is 6.07 Å². The molecule has 3 unspecified atom stereocenters. The topological polar surface area (TPSA) is 53.6 Å². The number of hydrazine groups is 1. The molecule has 2 saturated heterocycles. The van der Waals surface area contributed by atoms with Crippen LogP contribution in [0.3, 0.4) is 0 Å². The summed E-state index contributed by atoms with van der Waals surface area (Å²) < 4.78 is 5.85. The molecule has 0 radical (unpaired) electrons. The standard InChI is InChI=1S/C17H23Cl2N3O2/c1-2-3-15-12(9-20-21-15)17(23)22-6-7-24-16(10-22)11-4-5-13(18)14(19)8-11/h4-5,8,12,15-16,20-21H,2-3,6-7,9-10H2,1H3. The van der Waals surface area contributed by atoms with E-state index in [0.717, 1.165) is 18.4 Å². The smallest absolute Gasteiger partial charge is 0.228 e. The molecule has 0 bridgehead atoms. The first-order valence-electron chi connectivity index (χ1n) is 8.44. The molecule has 2 aliphatic heterocycles. The number of morpholine rings is 1. The summed E-state index contributed by atoms with van der Waals surface area (Å²) in [5.41, 5.74) is 7.30. The van der Waals surface area contributed by atoms with E-state index in [4.69, 9.17) is 27.9 Å².